The summed E-state index contributed by atoms with van der Waals surface area (Å²) in [6.07, 6.45) is 1.61. The molecule has 5 heteroatoms. The first-order chi connectivity index (χ1) is 10.0. The van der Waals surface area contributed by atoms with Crippen LogP contribution in [0.2, 0.25) is 0 Å². The van der Waals surface area contributed by atoms with Gasteiger partial charge in [-0.25, -0.2) is 4.79 Å². The molecule has 0 aliphatic carbocycles. The molecule has 0 bridgehead atoms. The number of aliphatic carboxylic acids is 1. The molecule has 114 valence electrons. The summed E-state index contributed by atoms with van der Waals surface area (Å²) in [5.74, 6) is -0.562. The maximum Gasteiger partial charge on any atom is 0.326 e. The maximum atomic E-state index is 12.5. The van der Waals surface area contributed by atoms with Gasteiger partial charge < -0.3 is 14.7 Å². The Morgan fingerprint density at radius 2 is 2.19 bits per heavy atom. The van der Waals surface area contributed by atoms with Crippen molar-refractivity contribution < 1.29 is 19.4 Å². The minimum absolute atomic E-state index is 0.0222. The largest absolute Gasteiger partial charge is 0.494 e. The molecule has 21 heavy (non-hydrogen) atoms. The highest BCUT2D eigenvalue weighted by Gasteiger charge is 2.39. The van der Waals surface area contributed by atoms with E-state index in [1.165, 1.54) is 4.90 Å². The molecule has 1 aliphatic rings. The van der Waals surface area contributed by atoms with E-state index in [9.17, 15) is 14.7 Å². The van der Waals surface area contributed by atoms with Crippen molar-refractivity contribution in [1.29, 1.82) is 0 Å². The molecule has 1 aromatic carbocycles. The number of carboxylic acids is 1. The summed E-state index contributed by atoms with van der Waals surface area (Å²) < 4.78 is 5.52. The van der Waals surface area contributed by atoms with E-state index in [-0.39, 0.29) is 11.8 Å². The lowest BCUT2D eigenvalue weighted by atomic mass is 10.0. The van der Waals surface area contributed by atoms with Crippen LogP contribution in [0.5, 0.6) is 5.75 Å². The summed E-state index contributed by atoms with van der Waals surface area (Å²) in [4.78, 5) is 25.3. The molecular weight excluding hydrogens is 270 g/mol. The smallest absolute Gasteiger partial charge is 0.326 e. The zero-order chi connectivity index (χ0) is 15.4. The van der Waals surface area contributed by atoms with Crippen molar-refractivity contribution in [3.63, 3.8) is 0 Å². The Balaban J connectivity index is 2.17. The minimum atomic E-state index is -0.938. The monoisotopic (exact) mass is 291 g/mol. The summed E-state index contributed by atoms with van der Waals surface area (Å²) in [6, 6.07) is 6.20. The normalized spacial score (nSPS) is 21.3. The van der Waals surface area contributed by atoms with E-state index in [2.05, 4.69) is 0 Å². The predicted molar refractivity (Wildman–Crippen MR) is 78.5 cm³/mol. The van der Waals surface area contributed by atoms with Gasteiger partial charge in [0.1, 0.15) is 11.8 Å². The van der Waals surface area contributed by atoms with Gasteiger partial charge in [-0.2, -0.15) is 0 Å². The fraction of sp³-hybridized carbons (Fsp3) is 0.500. The lowest BCUT2D eigenvalue weighted by Gasteiger charge is -2.23. The Morgan fingerprint density at radius 1 is 1.43 bits per heavy atom. The van der Waals surface area contributed by atoms with Gasteiger partial charge in [0.2, 0.25) is 0 Å². The second-order valence-electron chi connectivity index (χ2n) is 5.42. The molecule has 1 saturated heterocycles. The van der Waals surface area contributed by atoms with Crippen LogP contribution >= 0.6 is 0 Å². The van der Waals surface area contributed by atoms with Crippen molar-refractivity contribution in [1.82, 2.24) is 4.90 Å². The molecule has 5 nitrogen and oxygen atoms in total. The number of carbonyl (C=O) groups excluding carboxylic acids is 1. The first-order valence-electron chi connectivity index (χ1n) is 7.31. The fourth-order valence-electron chi connectivity index (χ4n) is 2.66. The Bertz CT molecular complexity index is 529. The molecule has 0 radical (unpaired) electrons. The molecule has 1 amide bonds. The number of rotatable bonds is 5. The average Bonchev–Trinajstić information content (AvgIpc) is 2.86. The lowest BCUT2D eigenvalue weighted by molar-refractivity contribution is -0.142. The van der Waals surface area contributed by atoms with Gasteiger partial charge in [-0.3, -0.25) is 4.79 Å². The molecule has 1 aliphatic heterocycles. The van der Waals surface area contributed by atoms with Gasteiger partial charge in [0.05, 0.1) is 6.61 Å². The van der Waals surface area contributed by atoms with Crippen LogP contribution in [0, 0.1) is 5.92 Å². The van der Waals surface area contributed by atoms with E-state index < -0.39 is 12.0 Å². The molecule has 1 N–H and O–H groups in total. The topological polar surface area (TPSA) is 66.8 Å². The number of nitrogens with zero attached hydrogens (tertiary/aromatic N) is 1. The standard InChI is InChI=1S/C16H21NO4/c1-3-9-21-13-6-4-5-12(10-13)15(18)17-8-7-11(2)14(17)16(19)20/h4-6,10-11,14H,3,7-9H2,1-2H3,(H,19,20). The quantitative estimate of drug-likeness (QED) is 0.904. The van der Waals surface area contributed by atoms with Gasteiger partial charge in [-0.1, -0.05) is 19.9 Å². The summed E-state index contributed by atoms with van der Waals surface area (Å²) in [7, 11) is 0. The number of hydrogen-bond acceptors (Lipinski definition) is 3. The summed E-state index contributed by atoms with van der Waals surface area (Å²) in [5, 5.41) is 9.30. The fourth-order valence-corrected chi connectivity index (χ4v) is 2.66. The predicted octanol–water partition coefficient (Wildman–Crippen LogP) is 2.41. The van der Waals surface area contributed by atoms with Gasteiger partial charge in [0, 0.05) is 12.1 Å². The number of amides is 1. The van der Waals surface area contributed by atoms with Gasteiger partial charge in [0.15, 0.2) is 0 Å². The molecule has 0 aromatic heterocycles. The number of hydrogen-bond donors (Lipinski definition) is 1. The van der Waals surface area contributed by atoms with E-state index in [0.717, 1.165) is 6.42 Å². The molecule has 0 saturated carbocycles. The molecule has 0 spiro atoms. The number of carbonyl (C=O) groups is 2. The van der Waals surface area contributed by atoms with Gasteiger partial charge in [-0.15, -0.1) is 0 Å². The van der Waals surface area contributed by atoms with Crippen molar-refractivity contribution in [3.05, 3.63) is 29.8 Å². The molecule has 1 aromatic rings. The van der Waals surface area contributed by atoms with E-state index in [1.807, 2.05) is 13.8 Å². The van der Waals surface area contributed by atoms with Crippen molar-refractivity contribution in [3.8, 4) is 5.75 Å². The van der Waals surface area contributed by atoms with Gasteiger partial charge in [0.25, 0.3) is 5.91 Å². The first-order valence-corrected chi connectivity index (χ1v) is 7.31. The second kappa shape index (κ2) is 6.61. The van der Waals surface area contributed by atoms with Crippen LogP contribution in [0.1, 0.15) is 37.0 Å². The van der Waals surface area contributed by atoms with Crippen LogP contribution in [-0.2, 0) is 4.79 Å². The van der Waals surface area contributed by atoms with Gasteiger partial charge in [-0.05, 0) is 37.0 Å². The van der Waals surface area contributed by atoms with Crippen LogP contribution in [0.3, 0.4) is 0 Å². The molecular formula is C16H21NO4. The van der Waals surface area contributed by atoms with Crippen LogP contribution < -0.4 is 4.74 Å². The summed E-state index contributed by atoms with van der Waals surface area (Å²) in [6.45, 7) is 4.96. The second-order valence-corrected chi connectivity index (χ2v) is 5.42. The maximum absolute atomic E-state index is 12.5. The van der Waals surface area contributed by atoms with E-state index in [0.29, 0.717) is 30.9 Å². The van der Waals surface area contributed by atoms with Crippen LogP contribution in [0.15, 0.2) is 24.3 Å². The highest BCUT2D eigenvalue weighted by molar-refractivity contribution is 5.97. The van der Waals surface area contributed by atoms with Crippen molar-refractivity contribution >= 4 is 11.9 Å². The number of carboxylic acid groups (broad SMARTS) is 1. The molecule has 2 atom stereocenters. The zero-order valence-electron chi connectivity index (χ0n) is 12.4. The zero-order valence-corrected chi connectivity index (χ0v) is 12.4. The van der Waals surface area contributed by atoms with Crippen molar-refractivity contribution in [2.24, 2.45) is 5.92 Å². The Morgan fingerprint density at radius 3 is 2.86 bits per heavy atom. The number of likely N-dealkylation sites (tertiary alicyclic amines) is 1. The number of ether oxygens (including phenoxy) is 1. The number of benzene rings is 1. The first kappa shape index (κ1) is 15.4. The third-order valence-electron chi connectivity index (χ3n) is 3.77. The van der Waals surface area contributed by atoms with E-state index in [4.69, 9.17) is 4.74 Å². The summed E-state index contributed by atoms with van der Waals surface area (Å²) >= 11 is 0. The average molecular weight is 291 g/mol. The highest BCUT2D eigenvalue weighted by Crippen LogP contribution is 2.26. The van der Waals surface area contributed by atoms with Crippen LogP contribution in [0.25, 0.3) is 0 Å². The minimum Gasteiger partial charge on any atom is -0.494 e. The highest BCUT2D eigenvalue weighted by atomic mass is 16.5. The van der Waals surface area contributed by atoms with Crippen molar-refractivity contribution in [2.75, 3.05) is 13.2 Å². The third kappa shape index (κ3) is 3.35. The molecule has 1 fully saturated rings. The lowest BCUT2D eigenvalue weighted by Crippen LogP contribution is -2.42. The Labute approximate surface area is 124 Å². The van der Waals surface area contributed by atoms with E-state index in [1.54, 1.807) is 24.3 Å². The summed E-state index contributed by atoms with van der Waals surface area (Å²) in [5.41, 5.74) is 0.476. The Kier molecular flexibility index (Phi) is 4.83. The molecule has 2 unspecified atom stereocenters. The third-order valence-corrected chi connectivity index (χ3v) is 3.77. The Hall–Kier alpha value is -2.04. The van der Waals surface area contributed by atoms with Gasteiger partial charge >= 0.3 is 5.97 Å². The SMILES string of the molecule is CCCOc1cccc(C(=O)N2CCC(C)C2C(=O)O)c1. The van der Waals surface area contributed by atoms with E-state index >= 15 is 0 Å². The molecule has 2 rings (SSSR count). The van der Waals surface area contributed by atoms with Crippen LogP contribution in [-0.4, -0.2) is 41.1 Å². The van der Waals surface area contributed by atoms with Crippen molar-refractivity contribution in [2.45, 2.75) is 32.7 Å². The molecule has 1 heterocycles. The van der Waals surface area contributed by atoms with Crippen LogP contribution in [0.4, 0.5) is 0 Å².